The monoisotopic (exact) mass is 463 g/mol. The highest BCUT2D eigenvalue weighted by Gasteiger charge is 2.31. The van der Waals surface area contributed by atoms with Gasteiger partial charge in [-0.15, -0.1) is 0 Å². The summed E-state index contributed by atoms with van der Waals surface area (Å²) in [7, 11) is 3.91. The van der Waals surface area contributed by atoms with Gasteiger partial charge in [-0.25, -0.2) is 9.78 Å². The van der Waals surface area contributed by atoms with Gasteiger partial charge in [0.15, 0.2) is 10.4 Å². The number of anilines is 2. The Morgan fingerprint density at radius 1 is 1.17 bits per heavy atom. The molecule has 1 aliphatic rings. The van der Waals surface area contributed by atoms with Gasteiger partial charge in [0.05, 0.1) is 12.2 Å². The van der Waals surface area contributed by atoms with E-state index in [-0.39, 0.29) is 12.5 Å². The fourth-order valence-electron chi connectivity index (χ4n) is 3.02. The molecule has 0 saturated heterocycles. The van der Waals surface area contributed by atoms with Crippen LogP contribution in [-0.4, -0.2) is 52.7 Å². The fourth-order valence-corrected chi connectivity index (χ4v) is 3.59. The number of amides is 2. The first kappa shape index (κ1) is 21.2. The number of carbonyl (C=O) groups is 2. The molecule has 2 amide bonds. The van der Waals surface area contributed by atoms with E-state index in [9.17, 15) is 9.59 Å². The molecule has 0 fully saturated rings. The number of benzene rings is 1. The van der Waals surface area contributed by atoms with Crippen LogP contribution in [0.2, 0.25) is 0 Å². The normalized spacial score (nSPS) is 13.7. The van der Waals surface area contributed by atoms with Crippen molar-refractivity contribution in [2.24, 2.45) is 0 Å². The van der Waals surface area contributed by atoms with Crippen LogP contribution in [0.3, 0.4) is 0 Å². The minimum absolute atomic E-state index is 0.260. The molecule has 0 saturated carbocycles. The topological polar surface area (TPSA) is 79.7 Å². The SMILES string of the molecule is CN(C)c1ccc(NC(=O)c2nc(Br)n3c2CN(C(=O)OC(C)(C)C)CC3)cc1. The van der Waals surface area contributed by atoms with E-state index in [1.165, 1.54) is 0 Å². The predicted octanol–water partition coefficient (Wildman–Crippen LogP) is 3.71. The molecule has 8 nitrogen and oxygen atoms in total. The summed E-state index contributed by atoms with van der Waals surface area (Å²) in [6, 6.07) is 7.55. The number of ether oxygens (including phenoxy) is 1. The molecular formula is C20H26BrN5O3. The Morgan fingerprint density at radius 3 is 2.41 bits per heavy atom. The van der Waals surface area contributed by atoms with Crippen molar-refractivity contribution >= 4 is 39.3 Å². The van der Waals surface area contributed by atoms with E-state index >= 15 is 0 Å². The van der Waals surface area contributed by atoms with Crippen LogP contribution in [0.25, 0.3) is 0 Å². The third-order valence-corrected chi connectivity index (χ3v) is 5.07. The molecule has 0 spiro atoms. The molecule has 0 unspecified atom stereocenters. The molecule has 1 aromatic heterocycles. The van der Waals surface area contributed by atoms with Crippen LogP contribution in [-0.2, 0) is 17.8 Å². The number of imidazole rings is 1. The maximum absolute atomic E-state index is 12.9. The van der Waals surface area contributed by atoms with Crippen molar-refractivity contribution in [2.45, 2.75) is 39.5 Å². The van der Waals surface area contributed by atoms with Gasteiger partial charge >= 0.3 is 6.09 Å². The Balaban J connectivity index is 1.78. The van der Waals surface area contributed by atoms with Crippen molar-refractivity contribution in [3.63, 3.8) is 0 Å². The third-order valence-electron chi connectivity index (χ3n) is 4.47. The number of rotatable bonds is 3. The number of nitrogens with zero attached hydrogens (tertiary/aromatic N) is 4. The number of carbonyl (C=O) groups excluding carboxylic acids is 2. The molecule has 3 rings (SSSR count). The second-order valence-electron chi connectivity index (χ2n) is 8.13. The van der Waals surface area contributed by atoms with Crippen LogP contribution in [0.15, 0.2) is 29.0 Å². The Bertz CT molecular complexity index is 915. The Hall–Kier alpha value is -2.55. The summed E-state index contributed by atoms with van der Waals surface area (Å²) in [6.07, 6.45) is -0.397. The van der Waals surface area contributed by atoms with E-state index < -0.39 is 11.7 Å². The zero-order valence-corrected chi connectivity index (χ0v) is 18.9. The molecule has 156 valence electrons. The number of hydrogen-bond donors (Lipinski definition) is 1. The van der Waals surface area contributed by atoms with Crippen LogP contribution in [0.1, 0.15) is 37.0 Å². The van der Waals surface area contributed by atoms with E-state index in [0.717, 1.165) is 5.69 Å². The van der Waals surface area contributed by atoms with Crippen molar-refractivity contribution in [3.05, 3.63) is 40.4 Å². The maximum atomic E-state index is 12.9. The van der Waals surface area contributed by atoms with Crippen molar-refractivity contribution in [1.82, 2.24) is 14.5 Å². The van der Waals surface area contributed by atoms with Gasteiger partial charge < -0.3 is 24.4 Å². The van der Waals surface area contributed by atoms with Gasteiger partial charge in [0.2, 0.25) is 0 Å². The number of hydrogen-bond acceptors (Lipinski definition) is 5. The van der Waals surface area contributed by atoms with Gasteiger partial charge in [0, 0.05) is 38.6 Å². The van der Waals surface area contributed by atoms with Crippen molar-refractivity contribution in [1.29, 1.82) is 0 Å². The van der Waals surface area contributed by atoms with Gasteiger partial charge in [0.25, 0.3) is 5.91 Å². The molecule has 0 bridgehead atoms. The highest BCUT2D eigenvalue weighted by atomic mass is 79.9. The molecule has 1 N–H and O–H groups in total. The Kier molecular flexibility index (Phi) is 5.88. The lowest BCUT2D eigenvalue weighted by Crippen LogP contribution is -2.42. The lowest BCUT2D eigenvalue weighted by Gasteiger charge is -2.31. The minimum Gasteiger partial charge on any atom is -0.444 e. The van der Waals surface area contributed by atoms with Crippen LogP contribution in [0, 0.1) is 0 Å². The first-order valence-electron chi connectivity index (χ1n) is 9.37. The molecular weight excluding hydrogens is 438 g/mol. The maximum Gasteiger partial charge on any atom is 0.410 e. The molecule has 2 heterocycles. The average Bonchev–Trinajstić information content (AvgIpc) is 2.97. The standard InChI is InChI=1S/C20H26BrN5O3/c1-20(2,3)29-19(28)25-10-11-26-15(12-25)16(23-18(26)21)17(27)22-13-6-8-14(9-7-13)24(4)5/h6-9H,10-12H2,1-5H3,(H,22,27). The molecule has 0 atom stereocenters. The Labute approximate surface area is 179 Å². The van der Waals surface area contributed by atoms with Crippen LogP contribution in [0.4, 0.5) is 16.2 Å². The Morgan fingerprint density at radius 2 is 1.83 bits per heavy atom. The molecule has 2 aromatic rings. The summed E-state index contributed by atoms with van der Waals surface area (Å²) in [5, 5.41) is 2.88. The first-order chi connectivity index (χ1) is 13.5. The summed E-state index contributed by atoms with van der Waals surface area (Å²) in [5.74, 6) is -0.317. The van der Waals surface area contributed by atoms with Gasteiger partial charge in [-0.2, -0.15) is 0 Å². The molecule has 1 aromatic carbocycles. The first-order valence-corrected chi connectivity index (χ1v) is 10.2. The van der Waals surface area contributed by atoms with Gasteiger partial charge in [-0.3, -0.25) is 4.79 Å². The minimum atomic E-state index is -0.575. The zero-order valence-electron chi connectivity index (χ0n) is 17.3. The summed E-state index contributed by atoms with van der Waals surface area (Å²) >= 11 is 3.42. The number of halogens is 1. The van der Waals surface area contributed by atoms with Crippen molar-refractivity contribution in [3.8, 4) is 0 Å². The largest absolute Gasteiger partial charge is 0.444 e. The van der Waals surface area contributed by atoms with Crippen molar-refractivity contribution < 1.29 is 14.3 Å². The van der Waals surface area contributed by atoms with E-state index in [1.54, 1.807) is 4.90 Å². The number of aromatic nitrogens is 2. The fraction of sp³-hybridized carbons (Fsp3) is 0.450. The van der Waals surface area contributed by atoms with E-state index in [0.29, 0.717) is 34.9 Å². The van der Waals surface area contributed by atoms with Crippen LogP contribution in [0.5, 0.6) is 0 Å². The molecule has 9 heteroatoms. The molecule has 1 aliphatic heterocycles. The predicted molar refractivity (Wildman–Crippen MR) is 115 cm³/mol. The lowest BCUT2D eigenvalue weighted by atomic mass is 10.2. The number of fused-ring (bicyclic) bond motifs is 1. The van der Waals surface area contributed by atoms with Gasteiger partial charge in [-0.1, -0.05) is 0 Å². The summed E-state index contributed by atoms with van der Waals surface area (Å²) < 4.78 is 7.95. The van der Waals surface area contributed by atoms with Crippen LogP contribution < -0.4 is 10.2 Å². The highest BCUT2D eigenvalue weighted by molar-refractivity contribution is 9.10. The van der Waals surface area contributed by atoms with E-state index in [4.69, 9.17) is 4.74 Å². The zero-order chi connectivity index (χ0) is 21.3. The van der Waals surface area contributed by atoms with Gasteiger partial charge in [0.1, 0.15) is 5.60 Å². The van der Waals surface area contributed by atoms with Crippen molar-refractivity contribution in [2.75, 3.05) is 30.9 Å². The van der Waals surface area contributed by atoms with Crippen LogP contribution >= 0.6 is 15.9 Å². The van der Waals surface area contributed by atoms with E-state index in [2.05, 4.69) is 26.2 Å². The smallest absolute Gasteiger partial charge is 0.410 e. The van der Waals surface area contributed by atoms with E-state index in [1.807, 2.05) is 68.6 Å². The molecule has 29 heavy (non-hydrogen) atoms. The van der Waals surface area contributed by atoms with Gasteiger partial charge in [-0.05, 0) is 61.0 Å². The summed E-state index contributed by atoms with van der Waals surface area (Å²) in [6.45, 7) is 6.77. The second kappa shape index (κ2) is 8.06. The summed E-state index contributed by atoms with van der Waals surface area (Å²) in [4.78, 5) is 33.3. The second-order valence-corrected chi connectivity index (χ2v) is 8.83. The third kappa shape index (κ3) is 4.90. The quantitative estimate of drug-likeness (QED) is 0.749. The average molecular weight is 464 g/mol. The highest BCUT2D eigenvalue weighted by Crippen LogP contribution is 2.25. The lowest BCUT2D eigenvalue weighted by molar-refractivity contribution is 0.0197. The summed E-state index contributed by atoms with van der Waals surface area (Å²) in [5.41, 5.74) is 2.11. The molecule has 0 aliphatic carbocycles. The molecule has 0 radical (unpaired) electrons. The number of nitrogens with one attached hydrogen (secondary N) is 1.